The summed E-state index contributed by atoms with van der Waals surface area (Å²) in [6.45, 7) is 5.36. The first kappa shape index (κ1) is 22.5. The summed E-state index contributed by atoms with van der Waals surface area (Å²) in [7, 11) is 0. The van der Waals surface area contributed by atoms with Gasteiger partial charge in [-0.15, -0.1) is 0 Å². The zero-order valence-corrected chi connectivity index (χ0v) is 14.8. The summed E-state index contributed by atoms with van der Waals surface area (Å²) in [5.41, 5.74) is -5.48. The van der Waals surface area contributed by atoms with Crippen molar-refractivity contribution in [2.45, 2.75) is 89.3 Å². The monoisotopic (exact) mass is 380 g/mol. The Labute approximate surface area is 144 Å². The Balaban J connectivity index is 0.000000381. The average molecular weight is 380 g/mol. The van der Waals surface area contributed by atoms with Crippen molar-refractivity contribution in [3.05, 3.63) is 0 Å². The van der Waals surface area contributed by atoms with Crippen molar-refractivity contribution in [1.82, 2.24) is 0 Å². The highest BCUT2D eigenvalue weighted by Gasteiger charge is 2.71. The van der Waals surface area contributed by atoms with Gasteiger partial charge in [0.1, 0.15) is 5.67 Å². The molecule has 0 aromatic heterocycles. The summed E-state index contributed by atoms with van der Waals surface area (Å²) in [6.07, 6.45) is -8.69. The predicted octanol–water partition coefficient (Wildman–Crippen LogP) is 6.20. The van der Waals surface area contributed by atoms with Gasteiger partial charge in [0.05, 0.1) is 0 Å². The molecule has 2 rings (SSSR count). The van der Waals surface area contributed by atoms with E-state index in [1.165, 1.54) is 0 Å². The van der Waals surface area contributed by atoms with Gasteiger partial charge in [-0.25, -0.2) is 4.39 Å². The maximum Gasteiger partial charge on any atom is 0.426 e. The highest BCUT2D eigenvalue weighted by Crippen LogP contribution is 2.55. The van der Waals surface area contributed by atoms with Crippen LogP contribution in [0.15, 0.2) is 0 Å². The van der Waals surface area contributed by atoms with E-state index in [1.807, 2.05) is 13.8 Å². The number of hydrogen-bond acceptors (Lipinski definition) is 1. The van der Waals surface area contributed by atoms with Crippen LogP contribution in [0.2, 0.25) is 0 Å². The standard InChI is InChI=1S/C11H14F6O.C6H13F/c12-10(13,14)9(18,11(15,16)17)5-8-4-6-1-2-7(8)3-6;1-4-6(3,7)5-2/h6-8,18H,1-5H2;4-5H2,1-3H3. The van der Waals surface area contributed by atoms with Gasteiger partial charge in [0.25, 0.3) is 5.60 Å². The van der Waals surface area contributed by atoms with Gasteiger partial charge in [0.2, 0.25) is 0 Å². The van der Waals surface area contributed by atoms with Gasteiger partial charge in [0, 0.05) is 0 Å². The molecular weight excluding hydrogens is 353 g/mol. The maximum atomic E-state index is 12.5. The first-order valence-corrected chi connectivity index (χ1v) is 8.71. The molecule has 2 fully saturated rings. The highest BCUT2D eigenvalue weighted by molar-refractivity contribution is 5.00. The highest BCUT2D eigenvalue weighted by atomic mass is 19.4. The molecule has 0 aromatic carbocycles. The summed E-state index contributed by atoms with van der Waals surface area (Å²) in [5.74, 6) is -0.519. The number of fused-ring (bicyclic) bond motifs is 2. The van der Waals surface area contributed by atoms with Crippen LogP contribution in [0.3, 0.4) is 0 Å². The number of halogens is 7. The summed E-state index contributed by atoms with van der Waals surface area (Å²) in [4.78, 5) is 0. The molecule has 1 N–H and O–H groups in total. The van der Waals surface area contributed by atoms with E-state index in [9.17, 15) is 30.7 Å². The van der Waals surface area contributed by atoms with Crippen LogP contribution in [-0.4, -0.2) is 28.7 Å². The molecule has 8 heteroatoms. The SMILES string of the molecule is CCC(C)(F)CC.OC(CC1CC2CCC1C2)(C(F)(F)F)C(F)(F)F. The predicted molar refractivity (Wildman–Crippen MR) is 80.7 cm³/mol. The number of hydrogen-bond donors (Lipinski definition) is 1. The van der Waals surface area contributed by atoms with Crippen LogP contribution in [0.5, 0.6) is 0 Å². The smallest absolute Gasteiger partial charge is 0.374 e. The lowest BCUT2D eigenvalue weighted by atomic mass is 9.79. The van der Waals surface area contributed by atoms with Gasteiger partial charge in [-0.3, -0.25) is 0 Å². The van der Waals surface area contributed by atoms with Crippen LogP contribution in [0.4, 0.5) is 30.7 Å². The zero-order valence-electron chi connectivity index (χ0n) is 14.8. The fourth-order valence-electron chi connectivity index (χ4n) is 3.65. The number of alkyl halides is 7. The topological polar surface area (TPSA) is 20.2 Å². The van der Waals surface area contributed by atoms with Crippen LogP contribution in [-0.2, 0) is 0 Å². The quantitative estimate of drug-likeness (QED) is 0.576. The van der Waals surface area contributed by atoms with Crippen molar-refractivity contribution < 1.29 is 35.8 Å². The van der Waals surface area contributed by atoms with E-state index in [2.05, 4.69) is 0 Å². The maximum absolute atomic E-state index is 12.5. The summed E-state index contributed by atoms with van der Waals surface area (Å²) < 4.78 is 87.7. The number of rotatable bonds is 4. The van der Waals surface area contributed by atoms with E-state index in [1.54, 1.807) is 6.92 Å². The first-order valence-electron chi connectivity index (χ1n) is 8.71. The molecule has 2 bridgehead atoms. The molecule has 0 spiro atoms. The van der Waals surface area contributed by atoms with Crippen LogP contribution >= 0.6 is 0 Å². The van der Waals surface area contributed by atoms with E-state index in [-0.39, 0.29) is 11.8 Å². The summed E-state index contributed by atoms with van der Waals surface area (Å²) in [6, 6.07) is 0. The van der Waals surface area contributed by atoms with Gasteiger partial charge < -0.3 is 5.11 Å². The van der Waals surface area contributed by atoms with Crippen LogP contribution < -0.4 is 0 Å². The van der Waals surface area contributed by atoms with Crippen molar-refractivity contribution in [3.8, 4) is 0 Å². The minimum absolute atomic E-state index is 0.0915. The van der Waals surface area contributed by atoms with E-state index < -0.39 is 36.0 Å². The van der Waals surface area contributed by atoms with Gasteiger partial charge in [-0.05, 0) is 63.2 Å². The Morgan fingerprint density at radius 3 is 1.56 bits per heavy atom. The largest absolute Gasteiger partial charge is 0.426 e. The van der Waals surface area contributed by atoms with Crippen molar-refractivity contribution in [2.24, 2.45) is 17.8 Å². The molecule has 0 aliphatic heterocycles. The molecule has 3 unspecified atom stereocenters. The van der Waals surface area contributed by atoms with Gasteiger partial charge in [-0.2, -0.15) is 26.3 Å². The van der Waals surface area contributed by atoms with E-state index in [0.717, 1.165) is 6.42 Å². The van der Waals surface area contributed by atoms with E-state index in [4.69, 9.17) is 5.11 Å². The van der Waals surface area contributed by atoms with Crippen molar-refractivity contribution in [1.29, 1.82) is 0 Å². The van der Waals surface area contributed by atoms with Crippen molar-refractivity contribution >= 4 is 0 Å². The molecule has 0 heterocycles. The third-order valence-corrected chi connectivity index (χ3v) is 5.85. The lowest BCUT2D eigenvalue weighted by Gasteiger charge is -2.36. The third kappa shape index (κ3) is 5.23. The molecular formula is C17H27F7O. The average Bonchev–Trinajstić information content (AvgIpc) is 3.08. The van der Waals surface area contributed by atoms with Gasteiger partial charge in [0.15, 0.2) is 0 Å². The number of aliphatic hydroxyl groups is 1. The molecule has 0 radical (unpaired) electrons. The second-order valence-corrected chi connectivity index (χ2v) is 7.62. The van der Waals surface area contributed by atoms with Crippen LogP contribution in [0, 0.1) is 17.8 Å². The molecule has 0 saturated heterocycles. The van der Waals surface area contributed by atoms with E-state index >= 15 is 0 Å². The Morgan fingerprint density at radius 2 is 1.32 bits per heavy atom. The molecule has 0 amide bonds. The summed E-state index contributed by atoms with van der Waals surface area (Å²) in [5, 5.41) is 9.12. The molecule has 25 heavy (non-hydrogen) atoms. The fourth-order valence-corrected chi connectivity index (χ4v) is 3.65. The second-order valence-electron chi connectivity index (χ2n) is 7.62. The van der Waals surface area contributed by atoms with Crippen LogP contribution in [0.1, 0.15) is 65.7 Å². The molecule has 2 aliphatic carbocycles. The lowest BCUT2D eigenvalue weighted by molar-refractivity contribution is -0.373. The van der Waals surface area contributed by atoms with Gasteiger partial charge in [-0.1, -0.05) is 20.3 Å². The molecule has 3 atom stereocenters. The van der Waals surface area contributed by atoms with Crippen molar-refractivity contribution in [2.75, 3.05) is 0 Å². The normalized spacial score (nSPS) is 27.2. The molecule has 150 valence electrons. The Bertz CT molecular complexity index is 408. The van der Waals surface area contributed by atoms with Crippen LogP contribution in [0.25, 0.3) is 0 Å². The molecule has 1 nitrogen and oxygen atoms in total. The second kappa shape index (κ2) is 7.61. The molecule has 2 aliphatic rings. The molecule has 2 saturated carbocycles. The van der Waals surface area contributed by atoms with Crippen molar-refractivity contribution in [3.63, 3.8) is 0 Å². The summed E-state index contributed by atoms with van der Waals surface area (Å²) >= 11 is 0. The minimum Gasteiger partial charge on any atom is -0.374 e. The zero-order chi connectivity index (χ0) is 19.7. The first-order chi connectivity index (χ1) is 11.2. The van der Waals surface area contributed by atoms with E-state index in [0.29, 0.717) is 32.1 Å². The Hall–Kier alpha value is -0.530. The fraction of sp³-hybridized carbons (Fsp3) is 1.00. The third-order valence-electron chi connectivity index (χ3n) is 5.85. The Morgan fingerprint density at radius 1 is 0.840 bits per heavy atom. The molecule has 0 aromatic rings. The lowest BCUT2D eigenvalue weighted by Crippen LogP contribution is -2.58. The minimum atomic E-state index is -5.67. The Kier molecular flexibility index (Phi) is 6.85. The van der Waals surface area contributed by atoms with Gasteiger partial charge >= 0.3 is 12.4 Å².